The van der Waals surface area contributed by atoms with Crippen molar-refractivity contribution in [3.8, 4) is 0 Å². The molecule has 4 heteroatoms. The molecule has 0 radical (unpaired) electrons. The molecule has 0 bridgehead atoms. The third-order valence-corrected chi connectivity index (χ3v) is 2.71. The predicted octanol–water partition coefficient (Wildman–Crippen LogP) is 1.12. The number of hydrogen-bond donors (Lipinski definition) is 4. The Hall–Kier alpha value is -1.88. The molecule has 1 aliphatic rings. The van der Waals surface area contributed by atoms with Gasteiger partial charge in [0.25, 0.3) is 5.79 Å². The van der Waals surface area contributed by atoms with Gasteiger partial charge in [0.15, 0.2) is 5.76 Å². The first-order valence-corrected chi connectivity index (χ1v) is 5.49. The molecule has 0 saturated heterocycles. The van der Waals surface area contributed by atoms with Gasteiger partial charge in [0.05, 0.1) is 0 Å². The van der Waals surface area contributed by atoms with E-state index in [-0.39, 0.29) is 0 Å². The van der Waals surface area contributed by atoms with Crippen LogP contribution in [-0.4, -0.2) is 32.3 Å². The normalized spacial score (nSPS) is 22.7. The van der Waals surface area contributed by atoms with Crippen molar-refractivity contribution in [2.24, 2.45) is 0 Å². The molecule has 0 saturated carbocycles. The van der Waals surface area contributed by atoms with Gasteiger partial charge in [-0.05, 0) is 23.3 Å². The summed E-state index contributed by atoms with van der Waals surface area (Å²) in [6.45, 7) is 0. The van der Waals surface area contributed by atoms with Gasteiger partial charge in [-0.3, -0.25) is 0 Å². The molecular weight excluding hydrogens is 232 g/mol. The van der Waals surface area contributed by atoms with Crippen molar-refractivity contribution in [1.29, 1.82) is 0 Å². The fourth-order valence-corrected chi connectivity index (χ4v) is 1.62. The Kier molecular flexibility index (Phi) is 3.34. The van der Waals surface area contributed by atoms with Crippen LogP contribution in [0, 0.1) is 0 Å². The number of hydrogen-bond acceptors (Lipinski definition) is 4. The van der Waals surface area contributed by atoms with Gasteiger partial charge in [-0.25, -0.2) is 0 Å². The summed E-state index contributed by atoms with van der Waals surface area (Å²) in [4.78, 5) is 0. The van der Waals surface area contributed by atoms with Crippen molar-refractivity contribution >= 4 is 6.08 Å². The number of allylic oxidation sites excluding steroid dienone is 3. The zero-order chi connectivity index (χ0) is 13.2. The SMILES string of the molecule is OC1=CC(C=Cc2ccccc2)=CC(O)C1(O)O. The quantitative estimate of drug-likeness (QED) is 0.589. The number of benzene rings is 1. The largest absolute Gasteiger partial charge is 0.507 e. The van der Waals surface area contributed by atoms with Crippen LogP contribution < -0.4 is 0 Å². The third-order valence-electron chi connectivity index (χ3n) is 2.71. The van der Waals surface area contributed by atoms with Crippen LogP contribution in [0.3, 0.4) is 0 Å². The summed E-state index contributed by atoms with van der Waals surface area (Å²) >= 11 is 0. The minimum Gasteiger partial charge on any atom is -0.507 e. The van der Waals surface area contributed by atoms with E-state index in [4.69, 9.17) is 0 Å². The summed E-state index contributed by atoms with van der Waals surface area (Å²) in [6.07, 6.45) is 4.37. The monoisotopic (exact) mass is 246 g/mol. The maximum absolute atomic E-state index is 9.46. The van der Waals surface area contributed by atoms with Gasteiger partial charge < -0.3 is 20.4 Å². The smallest absolute Gasteiger partial charge is 0.253 e. The Labute approximate surface area is 104 Å². The molecule has 18 heavy (non-hydrogen) atoms. The maximum Gasteiger partial charge on any atom is 0.253 e. The molecule has 0 amide bonds. The molecule has 1 aromatic rings. The molecule has 0 aromatic heterocycles. The Morgan fingerprint density at radius 3 is 2.33 bits per heavy atom. The lowest BCUT2D eigenvalue weighted by molar-refractivity contribution is -0.202. The summed E-state index contributed by atoms with van der Waals surface area (Å²) in [5.74, 6) is -3.28. The second-order valence-electron chi connectivity index (χ2n) is 4.11. The van der Waals surface area contributed by atoms with Gasteiger partial charge >= 0.3 is 0 Å². The number of aliphatic hydroxyl groups excluding tert-OH is 2. The average molecular weight is 246 g/mol. The lowest BCUT2D eigenvalue weighted by Gasteiger charge is -2.27. The molecule has 0 fully saturated rings. The van der Waals surface area contributed by atoms with Crippen LogP contribution in [0.1, 0.15) is 5.56 Å². The highest BCUT2D eigenvalue weighted by molar-refractivity contribution is 5.55. The van der Waals surface area contributed by atoms with E-state index in [2.05, 4.69) is 0 Å². The van der Waals surface area contributed by atoms with Gasteiger partial charge in [-0.2, -0.15) is 0 Å². The lowest BCUT2D eigenvalue weighted by atomic mass is 9.97. The zero-order valence-electron chi connectivity index (χ0n) is 9.56. The molecule has 0 spiro atoms. The van der Waals surface area contributed by atoms with E-state index in [1.807, 2.05) is 30.3 Å². The van der Waals surface area contributed by atoms with Gasteiger partial charge in [0.2, 0.25) is 0 Å². The van der Waals surface area contributed by atoms with Crippen LogP contribution in [0.25, 0.3) is 6.08 Å². The molecule has 4 N–H and O–H groups in total. The maximum atomic E-state index is 9.46. The van der Waals surface area contributed by atoms with Crippen LogP contribution in [0.15, 0.2) is 59.9 Å². The highest BCUT2D eigenvalue weighted by atomic mass is 16.5. The number of aliphatic hydroxyl groups is 4. The van der Waals surface area contributed by atoms with Crippen molar-refractivity contribution in [1.82, 2.24) is 0 Å². The summed E-state index contributed by atoms with van der Waals surface area (Å²) in [5.41, 5.74) is 1.47. The Morgan fingerprint density at radius 2 is 1.72 bits per heavy atom. The Balaban J connectivity index is 2.20. The highest BCUT2D eigenvalue weighted by Crippen LogP contribution is 2.25. The van der Waals surface area contributed by atoms with E-state index in [0.717, 1.165) is 5.56 Å². The van der Waals surface area contributed by atoms with E-state index >= 15 is 0 Å². The molecular formula is C14H14O4. The van der Waals surface area contributed by atoms with Crippen LogP contribution in [0.5, 0.6) is 0 Å². The van der Waals surface area contributed by atoms with Crippen molar-refractivity contribution < 1.29 is 20.4 Å². The molecule has 1 aliphatic carbocycles. The fourth-order valence-electron chi connectivity index (χ4n) is 1.62. The topological polar surface area (TPSA) is 80.9 Å². The minimum atomic E-state index is -2.61. The molecule has 4 nitrogen and oxygen atoms in total. The first-order valence-electron chi connectivity index (χ1n) is 5.49. The van der Waals surface area contributed by atoms with Crippen LogP contribution in [0.2, 0.25) is 0 Å². The molecule has 2 rings (SSSR count). The highest BCUT2D eigenvalue weighted by Gasteiger charge is 2.39. The van der Waals surface area contributed by atoms with E-state index in [1.54, 1.807) is 12.2 Å². The third kappa shape index (κ3) is 2.51. The van der Waals surface area contributed by atoms with Gasteiger partial charge in [-0.15, -0.1) is 0 Å². The van der Waals surface area contributed by atoms with Crippen LogP contribution >= 0.6 is 0 Å². The molecule has 0 heterocycles. The van der Waals surface area contributed by atoms with Gasteiger partial charge in [0.1, 0.15) is 6.10 Å². The Morgan fingerprint density at radius 1 is 1.06 bits per heavy atom. The standard InChI is InChI=1S/C14H14O4/c15-12-8-11(9-13(16)14(12,17)18)7-6-10-4-2-1-3-5-10/h1-9,12,15-18H. The predicted molar refractivity (Wildman–Crippen MR) is 67.4 cm³/mol. The second-order valence-corrected chi connectivity index (χ2v) is 4.11. The van der Waals surface area contributed by atoms with E-state index in [9.17, 15) is 20.4 Å². The van der Waals surface area contributed by atoms with E-state index < -0.39 is 17.7 Å². The van der Waals surface area contributed by atoms with Crippen molar-refractivity contribution in [2.45, 2.75) is 11.9 Å². The van der Waals surface area contributed by atoms with E-state index in [0.29, 0.717) is 5.57 Å². The van der Waals surface area contributed by atoms with E-state index in [1.165, 1.54) is 12.2 Å². The summed E-state index contributed by atoms with van der Waals surface area (Å²) in [7, 11) is 0. The molecule has 1 atom stereocenters. The van der Waals surface area contributed by atoms with Crippen LogP contribution in [-0.2, 0) is 0 Å². The van der Waals surface area contributed by atoms with Crippen molar-refractivity contribution in [3.63, 3.8) is 0 Å². The summed E-state index contributed by atoms with van der Waals surface area (Å²) in [6, 6.07) is 9.50. The van der Waals surface area contributed by atoms with Crippen LogP contribution in [0.4, 0.5) is 0 Å². The first kappa shape index (κ1) is 12.6. The average Bonchev–Trinajstić information content (AvgIpc) is 2.35. The van der Waals surface area contributed by atoms with Gasteiger partial charge in [-0.1, -0.05) is 42.5 Å². The number of rotatable bonds is 2. The minimum absolute atomic E-state index is 0.502. The molecule has 1 aromatic carbocycles. The fraction of sp³-hybridized carbons (Fsp3) is 0.143. The van der Waals surface area contributed by atoms with Crippen molar-refractivity contribution in [3.05, 3.63) is 65.5 Å². The summed E-state index contributed by atoms with van der Waals surface area (Å²) < 4.78 is 0. The second kappa shape index (κ2) is 4.78. The van der Waals surface area contributed by atoms with Crippen molar-refractivity contribution in [2.75, 3.05) is 0 Å². The molecule has 0 aliphatic heterocycles. The first-order chi connectivity index (χ1) is 8.50. The van der Waals surface area contributed by atoms with Gasteiger partial charge in [0, 0.05) is 0 Å². The molecule has 1 unspecified atom stereocenters. The molecule has 94 valence electrons. The summed E-state index contributed by atoms with van der Waals surface area (Å²) in [5, 5.41) is 37.5. The Bertz CT molecular complexity index is 512. The lowest BCUT2D eigenvalue weighted by Crippen LogP contribution is -2.44. The zero-order valence-corrected chi connectivity index (χ0v) is 9.56.